The fraction of sp³-hybridized carbons (Fsp3) is 1.00. The lowest BCUT2D eigenvalue weighted by molar-refractivity contribution is -0.00644. The molecule has 0 aliphatic carbocycles. The second-order valence-electron chi connectivity index (χ2n) is 3.03. The smallest absolute Gasteiger partial charge is 0.0575 e. The predicted molar refractivity (Wildman–Crippen MR) is 38.4 cm³/mol. The van der Waals surface area contributed by atoms with Crippen LogP contribution in [0.5, 0.6) is 0 Å². The summed E-state index contributed by atoms with van der Waals surface area (Å²) >= 11 is 0. The Morgan fingerprint density at radius 2 is 2.33 bits per heavy atom. The molecule has 0 N–H and O–H groups in total. The largest absolute Gasteiger partial charge is 0.378 e. The fourth-order valence-electron chi connectivity index (χ4n) is 1.36. The van der Waals surface area contributed by atoms with Crippen molar-refractivity contribution in [1.29, 1.82) is 0 Å². The number of hydrogen-bond acceptors (Lipinski definition) is 1. The fourth-order valence-corrected chi connectivity index (χ4v) is 1.36. The predicted octanol–water partition coefficient (Wildman–Crippen LogP) is 2.21. The molecule has 0 radical (unpaired) electrons. The SMILES string of the molecule is CC[C@H]1CC(C)CCO1. The van der Waals surface area contributed by atoms with Crippen molar-refractivity contribution in [3.63, 3.8) is 0 Å². The second-order valence-corrected chi connectivity index (χ2v) is 3.03. The molecular weight excluding hydrogens is 112 g/mol. The molecule has 1 aliphatic heterocycles. The summed E-state index contributed by atoms with van der Waals surface area (Å²) in [5, 5.41) is 0. The molecule has 54 valence electrons. The van der Waals surface area contributed by atoms with Crippen LogP contribution >= 0.6 is 0 Å². The molecule has 1 nitrogen and oxygen atoms in total. The number of rotatable bonds is 1. The van der Waals surface area contributed by atoms with Crippen LogP contribution in [0.1, 0.15) is 33.1 Å². The van der Waals surface area contributed by atoms with Gasteiger partial charge in [0.05, 0.1) is 6.10 Å². The second kappa shape index (κ2) is 3.21. The van der Waals surface area contributed by atoms with Crippen LogP contribution in [0.15, 0.2) is 0 Å². The van der Waals surface area contributed by atoms with Crippen molar-refractivity contribution in [2.24, 2.45) is 5.92 Å². The van der Waals surface area contributed by atoms with Gasteiger partial charge >= 0.3 is 0 Å². The zero-order valence-electron chi connectivity index (χ0n) is 6.39. The third-order valence-electron chi connectivity index (χ3n) is 2.08. The summed E-state index contributed by atoms with van der Waals surface area (Å²) in [7, 11) is 0. The maximum atomic E-state index is 5.50. The average Bonchev–Trinajstić information content (AvgIpc) is 1.88. The summed E-state index contributed by atoms with van der Waals surface area (Å²) in [5.74, 6) is 0.892. The number of hydrogen-bond donors (Lipinski definition) is 0. The molecule has 0 saturated carbocycles. The lowest BCUT2D eigenvalue weighted by Gasteiger charge is -2.26. The highest BCUT2D eigenvalue weighted by Crippen LogP contribution is 2.20. The Morgan fingerprint density at radius 1 is 1.56 bits per heavy atom. The van der Waals surface area contributed by atoms with E-state index in [1.54, 1.807) is 0 Å². The zero-order valence-corrected chi connectivity index (χ0v) is 6.39. The molecule has 0 aromatic carbocycles. The molecule has 1 saturated heterocycles. The van der Waals surface area contributed by atoms with E-state index in [4.69, 9.17) is 4.74 Å². The van der Waals surface area contributed by atoms with Crippen molar-refractivity contribution in [3.05, 3.63) is 0 Å². The van der Waals surface area contributed by atoms with Gasteiger partial charge in [0, 0.05) is 6.61 Å². The molecule has 0 aromatic heterocycles. The van der Waals surface area contributed by atoms with Crippen molar-refractivity contribution in [2.45, 2.75) is 39.2 Å². The Labute approximate surface area is 57.4 Å². The summed E-state index contributed by atoms with van der Waals surface area (Å²) < 4.78 is 5.50. The summed E-state index contributed by atoms with van der Waals surface area (Å²) in [5.41, 5.74) is 0. The van der Waals surface area contributed by atoms with E-state index in [1.807, 2.05) is 0 Å². The van der Waals surface area contributed by atoms with Crippen molar-refractivity contribution >= 4 is 0 Å². The Kier molecular flexibility index (Phi) is 2.52. The van der Waals surface area contributed by atoms with Crippen molar-refractivity contribution < 1.29 is 4.74 Å². The first-order valence-corrected chi connectivity index (χ1v) is 3.94. The minimum absolute atomic E-state index is 0.564. The molecule has 1 heteroatoms. The van der Waals surface area contributed by atoms with Gasteiger partial charge in [0.25, 0.3) is 0 Å². The van der Waals surface area contributed by atoms with Crippen molar-refractivity contribution in [1.82, 2.24) is 0 Å². The summed E-state index contributed by atoms with van der Waals surface area (Å²) in [6.07, 6.45) is 4.28. The van der Waals surface area contributed by atoms with Crippen molar-refractivity contribution in [2.75, 3.05) is 6.61 Å². The van der Waals surface area contributed by atoms with Crippen LogP contribution in [0.4, 0.5) is 0 Å². The third kappa shape index (κ3) is 1.98. The Hall–Kier alpha value is -0.0400. The Balaban J connectivity index is 2.23. The van der Waals surface area contributed by atoms with Gasteiger partial charge in [-0.3, -0.25) is 0 Å². The van der Waals surface area contributed by atoms with E-state index >= 15 is 0 Å². The summed E-state index contributed by atoms with van der Waals surface area (Å²) in [6.45, 7) is 5.49. The molecule has 1 rings (SSSR count). The molecule has 0 aromatic rings. The van der Waals surface area contributed by atoms with E-state index in [2.05, 4.69) is 13.8 Å². The maximum absolute atomic E-state index is 5.50. The maximum Gasteiger partial charge on any atom is 0.0575 e. The molecule has 2 atom stereocenters. The molecule has 1 fully saturated rings. The zero-order chi connectivity index (χ0) is 6.69. The monoisotopic (exact) mass is 128 g/mol. The molecule has 1 heterocycles. The lowest BCUT2D eigenvalue weighted by atomic mass is 9.97. The van der Waals surface area contributed by atoms with Crippen LogP contribution in [0.3, 0.4) is 0 Å². The van der Waals surface area contributed by atoms with E-state index < -0.39 is 0 Å². The molecule has 1 aliphatic rings. The van der Waals surface area contributed by atoms with Crippen LogP contribution in [-0.2, 0) is 4.74 Å². The van der Waals surface area contributed by atoms with Crippen LogP contribution in [0, 0.1) is 5.92 Å². The third-order valence-corrected chi connectivity index (χ3v) is 2.08. The van der Waals surface area contributed by atoms with Gasteiger partial charge in [0.15, 0.2) is 0 Å². The van der Waals surface area contributed by atoms with Gasteiger partial charge in [-0.15, -0.1) is 0 Å². The molecule has 9 heavy (non-hydrogen) atoms. The normalized spacial score (nSPS) is 36.7. The highest BCUT2D eigenvalue weighted by atomic mass is 16.5. The highest BCUT2D eigenvalue weighted by Gasteiger charge is 2.16. The number of ether oxygens (including phenoxy) is 1. The first-order valence-electron chi connectivity index (χ1n) is 3.94. The van der Waals surface area contributed by atoms with Crippen LogP contribution in [0.2, 0.25) is 0 Å². The van der Waals surface area contributed by atoms with Gasteiger partial charge in [-0.1, -0.05) is 13.8 Å². The minimum atomic E-state index is 0.564. The van der Waals surface area contributed by atoms with Crippen molar-refractivity contribution in [3.8, 4) is 0 Å². The molecule has 0 amide bonds. The summed E-state index contributed by atoms with van der Waals surface area (Å²) in [6, 6.07) is 0. The standard InChI is InChI=1S/C8H16O/c1-3-8-6-7(2)4-5-9-8/h7-8H,3-6H2,1-2H3/t7?,8-/m0/s1. The topological polar surface area (TPSA) is 9.23 Å². The molecule has 0 bridgehead atoms. The molecular formula is C8H16O. The minimum Gasteiger partial charge on any atom is -0.378 e. The quantitative estimate of drug-likeness (QED) is 0.526. The molecule has 0 spiro atoms. The van der Waals surface area contributed by atoms with Crippen LogP contribution in [-0.4, -0.2) is 12.7 Å². The highest BCUT2D eigenvalue weighted by molar-refractivity contribution is 4.66. The van der Waals surface area contributed by atoms with E-state index in [0.29, 0.717) is 6.10 Å². The summed E-state index contributed by atoms with van der Waals surface area (Å²) in [4.78, 5) is 0. The lowest BCUT2D eigenvalue weighted by Crippen LogP contribution is -2.23. The van der Waals surface area contributed by atoms with Crippen LogP contribution < -0.4 is 0 Å². The van der Waals surface area contributed by atoms with E-state index in [9.17, 15) is 0 Å². The van der Waals surface area contributed by atoms with Crippen LogP contribution in [0.25, 0.3) is 0 Å². The van der Waals surface area contributed by atoms with E-state index in [1.165, 1.54) is 19.3 Å². The first kappa shape index (κ1) is 7.07. The van der Waals surface area contributed by atoms with Gasteiger partial charge in [0.2, 0.25) is 0 Å². The van der Waals surface area contributed by atoms with Gasteiger partial charge < -0.3 is 4.74 Å². The van der Waals surface area contributed by atoms with Gasteiger partial charge in [-0.2, -0.15) is 0 Å². The Morgan fingerprint density at radius 3 is 2.78 bits per heavy atom. The van der Waals surface area contributed by atoms with Gasteiger partial charge in [-0.05, 0) is 25.2 Å². The van der Waals surface area contributed by atoms with E-state index in [-0.39, 0.29) is 0 Å². The first-order chi connectivity index (χ1) is 4.33. The molecule has 1 unspecified atom stereocenters. The average molecular weight is 128 g/mol. The van der Waals surface area contributed by atoms with E-state index in [0.717, 1.165) is 12.5 Å². The Bertz CT molecular complexity index is 80.6. The van der Waals surface area contributed by atoms with Gasteiger partial charge in [0.1, 0.15) is 0 Å². The van der Waals surface area contributed by atoms with Gasteiger partial charge in [-0.25, -0.2) is 0 Å².